The van der Waals surface area contributed by atoms with E-state index in [1.807, 2.05) is 25.1 Å². The van der Waals surface area contributed by atoms with Gasteiger partial charge in [-0.2, -0.15) is 0 Å². The molecule has 0 radical (unpaired) electrons. The van der Waals surface area contributed by atoms with Crippen molar-refractivity contribution in [3.63, 3.8) is 0 Å². The summed E-state index contributed by atoms with van der Waals surface area (Å²) in [5, 5.41) is 20.6. The Labute approximate surface area is 121 Å². The van der Waals surface area contributed by atoms with Gasteiger partial charge in [0.15, 0.2) is 5.82 Å². The number of carbonyl (C=O) groups is 1. The largest absolute Gasteiger partial charge is 0.481 e. The van der Waals surface area contributed by atoms with Crippen LogP contribution < -0.4 is 0 Å². The van der Waals surface area contributed by atoms with E-state index in [4.69, 9.17) is 9.84 Å². The number of ether oxygens (including phenoxy) is 1. The molecule has 0 saturated carbocycles. The van der Waals surface area contributed by atoms with Crippen LogP contribution in [0.5, 0.6) is 0 Å². The topological polar surface area (TPSA) is 90.1 Å². The van der Waals surface area contributed by atoms with Gasteiger partial charge in [0.1, 0.15) is 0 Å². The normalized spacial score (nSPS) is 14.9. The number of carboxylic acid groups (broad SMARTS) is 1. The van der Waals surface area contributed by atoms with Crippen molar-refractivity contribution in [2.75, 3.05) is 0 Å². The minimum absolute atomic E-state index is 0.0393. The molecule has 1 atom stereocenters. The molecule has 1 aliphatic rings. The van der Waals surface area contributed by atoms with E-state index in [9.17, 15) is 4.79 Å². The zero-order chi connectivity index (χ0) is 14.8. The molecular formula is C14H16N4O3. The maximum atomic E-state index is 10.7. The zero-order valence-corrected chi connectivity index (χ0v) is 11.7. The fourth-order valence-electron chi connectivity index (χ4n) is 2.50. The third-order valence-electron chi connectivity index (χ3n) is 3.52. The predicted molar refractivity (Wildman–Crippen MR) is 73.2 cm³/mol. The highest BCUT2D eigenvalue weighted by Gasteiger charge is 2.17. The second-order valence-electron chi connectivity index (χ2n) is 5.36. The first kappa shape index (κ1) is 13.7. The van der Waals surface area contributed by atoms with Crippen LogP contribution in [0.2, 0.25) is 0 Å². The molecule has 1 unspecified atom stereocenters. The lowest BCUT2D eigenvalue weighted by atomic mass is 10.1. The van der Waals surface area contributed by atoms with Crippen LogP contribution in [-0.4, -0.2) is 31.3 Å². The molecule has 110 valence electrons. The Kier molecular flexibility index (Phi) is 3.66. The SMILES string of the molecule is CC(CC(=O)O)Cn1nnnc1-c1ccc2c(c1)COC2. The number of hydrogen-bond donors (Lipinski definition) is 1. The molecule has 2 aromatic rings. The van der Waals surface area contributed by atoms with Crippen molar-refractivity contribution in [1.82, 2.24) is 20.2 Å². The summed E-state index contributed by atoms with van der Waals surface area (Å²) in [5.41, 5.74) is 3.27. The average Bonchev–Trinajstić information content (AvgIpc) is 3.04. The van der Waals surface area contributed by atoms with Gasteiger partial charge in [0.05, 0.1) is 13.2 Å². The maximum absolute atomic E-state index is 10.7. The second kappa shape index (κ2) is 5.61. The van der Waals surface area contributed by atoms with Crippen molar-refractivity contribution in [3.05, 3.63) is 29.3 Å². The van der Waals surface area contributed by atoms with Gasteiger partial charge in [0.25, 0.3) is 0 Å². The number of fused-ring (bicyclic) bond motifs is 1. The number of carboxylic acids is 1. The Morgan fingerprint density at radius 2 is 2.24 bits per heavy atom. The Hall–Kier alpha value is -2.28. The molecular weight excluding hydrogens is 272 g/mol. The van der Waals surface area contributed by atoms with Crippen LogP contribution >= 0.6 is 0 Å². The first-order valence-corrected chi connectivity index (χ1v) is 6.81. The van der Waals surface area contributed by atoms with Gasteiger partial charge in [-0.25, -0.2) is 4.68 Å². The average molecular weight is 288 g/mol. The Morgan fingerprint density at radius 1 is 1.43 bits per heavy atom. The van der Waals surface area contributed by atoms with Gasteiger partial charge in [-0.1, -0.05) is 19.1 Å². The number of aliphatic carboxylic acids is 1. The van der Waals surface area contributed by atoms with Crippen molar-refractivity contribution in [1.29, 1.82) is 0 Å². The first-order valence-electron chi connectivity index (χ1n) is 6.81. The lowest BCUT2D eigenvalue weighted by molar-refractivity contribution is -0.138. The molecule has 0 saturated heterocycles. The maximum Gasteiger partial charge on any atom is 0.303 e. The van der Waals surface area contributed by atoms with Gasteiger partial charge >= 0.3 is 5.97 Å². The summed E-state index contributed by atoms with van der Waals surface area (Å²) >= 11 is 0. The second-order valence-corrected chi connectivity index (χ2v) is 5.36. The molecule has 0 bridgehead atoms. The van der Waals surface area contributed by atoms with Gasteiger partial charge in [0, 0.05) is 18.5 Å². The van der Waals surface area contributed by atoms with Crippen LogP contribution in [0.15, 0.2) is 18.2 Å². The van der Waals surface area contributed by atoms with Crippen LogP contribution in [0, 0.1) is 5.92 Å². The minimum Gasteiger partial charge on any atom is -0.481 e. The van der Waals surface area contributed by atoms with Crippen molar-refractivity contribution in [2.45, 2.75) is 33.1 Å². The minimum atomic E-state index is -0.813. The third kappa shape index (κ3) is 2.92. The number of tetrazole rings is 1. The van der Waals surface area contributed by atoms with E-state index < -0.39 is 5.97 Å². The molecule has 0 amide bonds. The zero-order valence-electron chi connectivity index (χ0n) is 11.7. The standard InChI is InChI=1S/C14H16N4O3/c1-9(4-13(19)20)6-18-14(15-16-17-18)10-2-3-11-7-21-8-12(11)5-10/h2-3,5,9H,4,6-8H2,1H3,(H,19,20). The smallest absolute Gasteiger partial charge is 0.303 e. The van der Waals surface area contributed by atoms with Gasteiger partial charge in [-0.15, -0.1) is 5.10 Å². The van der Waals surface area contributed by atoms with Crippen LogP contribution in [0.3, 0.4) is 0 Å². The van der Waals surface area contributed by atoms with Gasteiger partial charge in [-0.3, -0.25) is 4.79 Å². The quantitative estimate of drug-likeness (QED) is 0.896. The van der Waals surface area contributed by atoms with Crippen LogP contribution in [-0.2, 0) is 29.3 Å². The number of hydrogen-bond acceptors (Lipinski definition) is 5. The van der Waals surface area contributed by atoms with E-state index in [2.05, 4.69) is 15.5 Å². The third-order valence-corrected chi connectivity index (χ3v) is 3.52. The molecule has 1 aromatic carbocycles. The first-order chi connectivity index (χ1) is 10.1. The van der Waals surface area contributed by atoms with Crippen molar-refractivity contribution in [2.24, 2.45) is 5.92 Å². The lowest BCUT2D eigenvalue weighted by Crippen LogP contribution is -2.14. The Bertz CT molecular complexity index is 668. The molecule has 21 heavy (non-hydrogen) atoms. The number of rotatable bonds is 5. The fraction of sp³-hybridized carbons (Fsp3) is 0.429. The summed E-state index contributed by atoms with van der Waals surface area (Å²) in [6, 6.07) is 6.03. The monoisotopic (exact) mass is 288 g/mol. The van der Waals surface area contributed by atoms with Crippen molar-refractivity contribution < 1.29 is 14.6 Å². The van der Waals surface area contributed by atoms with Crippen LogP contribution in [0.1, 0.15) is 24.5 Å². The summed E-state index contributed by atoms with van der Waals surface area (Å²) in [6.07, 6.45) is 0.0946. The molecule has 1 aromatic heterocycles. The molecule has 3 rings (SSSR count). The number of nitrogens with zero attached hydrogens (tertiary/aromatic N) is 4. The summed E-state index contributed by atoms with van der Waals surface area (Å²) in [7, 11) is 0. The summed E-state index contributed by atoms with van der Waals surface area (Å²) in [5.74, 6) is -0.198. The highest BCUT2D eigenvalue weighted by molar-refractivity contribution is 5.67. The van der Waals surface area contributed by atoms with E-state index in [1.54, 1.807) is 4.68 Å². The van der Waals surface area contributed by atoms with Gasteiger partial charge in [0.2, 0.25) is 0 Å². The Balaban J connectivity index is 1.83. The molecule has 1 N–H and O–H groups in total. The molecule has 1 aliphatic heterocycles. The number of benzene rings is 1. The molecule has 0 fully saturated rings. The highest BCUT2D eigenvalue weighted by atomic mass is 16.5. The van der Waals surface area contributed by atoms with E-state index >= 15 is 0 Å². The highest BCUT2D eigenvalue weighted by Crippen LogP contribution is 2.25. The fourth-order valence-corrected chi connectivity index (χ4v) is 2.50. The summed E-state index contributed by atoms with van der Waals surface area (Å²) < 4.78 is 7.06. The predicted octanol–water partition coefficient (Wildman–Crippen LogP) is 1.48. The van der Waals surface area contributed by atoms with Crippen LogP contribution in [0.4, 0.5) is 0 Å². The molecule has 7 heteroatoms. The molecule has 0 spiro atoms. The van der Waals surface area contributed by atoms with Crippen molar-refractivity contribution in [3.8, 4) is 11.4 Å². The van der Waals surface area contributed by atoms with Gasteiger partial charge < -0.3 is 9.84 Å². The van der Waals surface area contributed by atoms with E-state index in [-0.39, 0.29) is 12.3 Å². The summed E-state index contributed by atoms with van der Waals surface area (Å²) in [4.78, 5) is 10.7. The van der Waals surface area contributed by atoms with E-state index in [1.165, 1.54) is 5.56 Å². The molecule has 2 heterocycles. The van der Waals surface area contributed by atoms with Gasteiger partial charge in [-0.05, 0) is 33.5 Å². The Morgan fingerprint density at radius 3 is 3.05 bits per heavy atom. The summed E-state index contributed by atoms with van der Waals surface area (Å²) in [6.45, 7) is 3.61. The van der Waals surface area contributed by atoms with E-state index in [0.29, 0.717) is 25.6 Å². The van der Waals surface area contributed by atoms with E-state index in [0.717, 1.165) is 11.1 Å². The number of aromatic nitrogens is 4. The molecule has 7 nitrogen and oxygen atoms in total. The molecule has 0 aliphatic carbocycles. The van der Waals surface area contributed by atoms with Crippen molar-refractivity contribution >= 4 is 5.97 Å². The lowest BCUT2D eigenvalue weighted by Gasteiger charge is -2.10. The van der Waals surface area contributed by atoms with Crippen LogP contribution in [0.25, 0.3) is 11.4 Å².